The summed E-state index contributed by atoms with van der Waals surface area (Å²) in [5.41, 5.74) is 4.19. The van der Waals surface area contributed by atoms with Crippen LogP contribution < -0.4 is 5.43 Å². The van der Waals surface area contributed by atoms with Gasteiger partial charge in [-0.05, 0) is 31.9 Å². The van der Waals surface area contributed by atoms with Gasteiger partial charge in [0.2, 0.25) is 5.76 Å². The van der Waals surface area contributed by atoms with Crippen LogP contribution in [0.5, 0.6) is 0 Å². The summed E-state index contributed by atoms with van der Waals surface area (Å²) in [6.07, 6.45) is 1.91. The zero-order valence-corrected chi connectivity index (χ0v) is 13.8. The standard InChI is InChI=1S/C17H15N3O6/c1-9-14-12(3-2-4-13(14)26-15(9)17(22)23)18-19-16(21)10-5-7-11(8-6-10)20(24)25/h5-8H,2-4H2,1H3,(H,19,21)(H,22,23)/b18-12+. The minimum absolute atomic E-state index is 0.111. The number of benzene rings is 1. The van der Waals surface area contributed by atoms with E-state index in [1.165, 1.54) is 24.3 Å². The molecule has 134 valence electrons. The zero-order valence-electron chi connectivity index (χ0n) is 13.8. The van der Waals surface area contributed by atoms with Crippen molar-refractivity contribution in [2.45, 2.75) is 26.2 Å². The molecule has 1 aliphatic carbocycles. The monoisotopic (exact) mass is 357 g/mol. The summed E-state index contributed by atoms with van der Waals surface area (Å²) in [4.78, 5) is 33.5. The van der Waals surface area contributed by atoms with Gasteiger partial charge in [-0.2, -0.15) is 5.10 Å². The van der Waals surface area contributed by atoms with E-state index in [9.17, 15) is 24.8 Å². The van der Waals surface area contributed by atoms with Crippen molar-refractivity contribution in [3.63, 3.8) is 0 Å². The number of amides is 1. The Morgan fingerprint density at radius 2 is 1.96 bits per heavy atom. The first-order valence-electron chi connectivity index (χ1n) is 7.85. The van der Waals surface area contributed by atoms with Crippen LogP contribution in [0, 0.1) is 17.0 Å². The van der Waals surface area contributed by atoms with E-state index in [1.807, 2.05) is 0 Å². The van der Waals surface area contributed by atoms with E-state index < -0.39 is 16.8 Å². The van der Waals surface area contributed by atoms with Gasteiger partial charge in [0, 0.05) is 35.2 Å². The number of nitrogens with zero attached hydrogens (tertiary/aromatic N) is 2. The fourth-order valence-electron chi connectivity index (χ4n) is 2.90. The topological polar surface area (TPSA) is 135 Å². The van der Waals surface area contributed by atoms with E-state index in [0.29, 0.717) is 35.4 Å². The van der Waals surface area contributed by atoms with E-state index in [-0.39, 0.29) is 17.0 Å². The second-order valence-electron chi connectivity index (χ2n) is 5.82. The van der Waals surface area contributed by atoms with E-state index in [4.69, 9.17) is 4.42 Å². The molecule has 0 saturated carbocycles. The summed E-state index contributed by atoms with van der Waals surface area (Å²) in [6, 6.07) is 5.15. The van der Waals surface area contributed by atoms with Crippen LogP contribution in [-0.4, -0.2) is 27.6 Å². The van der Waals surface area contributed by atoms with E-state index in [2.05, 4.69) is 10.5 Å². The molecule has 0 fully saturated rings. The molecule has 0 bridgehead atoms. The van der Waals surface area contributed by atoms with Crippen molar-refractivity contribution < 1.29 is 24.0 Å². The molecule has 1 aromatic carbocycles. The van der Waals surface area contributed by atoms with Crippen molar-refractivity contribution in [3.05, 3.63) is 62.6 Å². The highest BCUT2D eigenvalue weighted by Crippen LogP contribution is 2.29. The normalized spacial score (nSPS) is 14.7. The van der Waals surface area contributed by atoms with Crippen molar-refractivity contribution in [2.75, 3.05) is 0 Å². The van der Waals surface area contributed by atoms with Crippen LogP contribution in [0.2, 0.25) is 0 Å². The molecule has 1 amide bonds. The minimum Gasteiger partial charge on any atom is -0.475 e. The average molecular weight is 357 g/mol. The smallest absolute Gasteiger partial charge is 0.372 e. The molecular weight excluding hydrogens is 342 g/mol. The van der Waals surface area contributed by atoms with Crippen LogP contribution in [-0.2, 0) is 6.42 Å². The molecule has 0 spiro atoms. The first-order chi connectivity index (χ1) is 12.4. The van der Waals surface area contributed by atoms with Crippen molar-refractivity contribution in [2.24, 2.45) is 5.10 Å². The molecule has 0 unspecified atom stereocenters. The van der Waals surface area contributed by atoms with Gasteiger partial charge in [-0.3, -0.25) is 14.9 Å². The lowest BCUT2D eigenvalue weighted by atomic mass is 9.93. The highest BCUT2D eigenvalue weighted by molar-refractivity contribution is 6.06. The van der Waals surface area contributed by atoms with Crippen molar-refractivity contribution in [1.29, 1.82) is 0 Å². The molecule has 0 saturated heterocycles. The number of rotatable bonds is 4. The average Bonchev–Trinajstić information content (AvgIpc) is 2.97. The number of hydrazone groups is 1. The van der Waals surface area contributed by atoms with Gasteiger partial charge in [0.25, 0.3) is 11.6 Å². The van der Waals surface area contributed by atoms with Gasteiger partial charge < -0.3 is 9.52 Å². The lowest BCUT2D eigenvalue weighted by Gasteiger charge is -2.13. The largest absolute Gasteiger partial charge is 0.475 e. The number of carboxylic acid groups (broad SMARTS) is 1. The Morgan fingerprint density at radius 3 is 2.58 bits per heavy atom. The predicted octanol–water partition coefficient (Wildman–Crippen LogP) is 2.66. The number of hydrogen-bond donors (Lipinski definition) is 2. The van der Waals surface area contributed by atoms with Crippen LogP contribution in [0.4, 0.5) is 5.69 Å². The van der Waals surface area contributed by atoms with Gasteiger partial charge in [0.15, 0.2) is 0 Å². The van der Waals surface area contributed by atoms with E-state index in [0.717, 1.165) is 6.42 Å². The number of carbonyl (C=O) groups is 2. The van der Waals surface area contributed by atoms with Crippen LogP contribution in [0.1, 0.15) is 50.6 Å². The molecule has 9 nitrogen and oxygen atoms in total. The molecule has 0 atom stereocenters. The van der Waals surface area contributed by atoms with Crippen LogP contribution >= 0.6 is 0 Å². The molecule has 2 aromatic rings. The number of fused-ring (bicyclic) bond motifs is 1. The molecule has 1 aliphatic rings. The Bertz CT molecular complexity index is 927. The number of nitro benzene ring substituents is 1. The van der Waals surface area contributed by atoms with Gasteiger partial charge in [-0.15, -0.1) is 0 Å². The quantitative estimate of drug-likeness (QED) is 0.638. The summed E-state index contributed by atoms with van der Waals surface area (Å²) in [5, 5.41) is 23.9. The third kappa shape index (κ3) is 3.18. The third-order valence-electron chi connectivity index (χ3n) is 4.15. The van der Waals surface area contributed by atoms with Gasteiger partial charge in [0.1, 0.15) is 5.76 Å². The molecule has 9 heteroatoms. The number of carboxylic acids is 1. The molecule has 26 heavy (non-hydrogen) atoms. The highest BCUT2D eigenvalue weighted by Gasteiger charge is 2.27. The summed E-state index contributed by atoms with van der Waals surface area (Å²) >= 11 is 0. The fourth-order valence-corrected chi connectivity index (χ4v) is 2.90. The molecule has 1 aromatic heterocycles. The van der Waals surface area contributed by atoms with Crippen molar-refractivity contribution in [1.82, 2.24) is 5.43 Å². The molecule has 1 heterocycles. The second-order valence-corrected chi connectivity index (χ2v) is 5.82. The van der Waals surface area contributed by atoms with Gasteiger partial charge in [-0.1, -0.05) is 0 Å². The Kier molecular flexibility index (Phi) is 4.53. The Labute approximate surface area is 147 Å². The van der Waals surface area contributed by atoms with Crippen LogP contribution in [0.25, 0.3) is 0 Å². The maximum absolute atomic E-state index is 12.2. The second kappa shape index (κ2) is 6.79. The van der Waals surface area contributed by atoms with Gasteiger partial charge >= 0.3 is 5.97 Å². The van der Waals surface area contributed by atoms with Crippen molar-refractivity contribution in [3.8, 4) is 0 Å². The first kappa shape index (κ1) is 17.3. The number of aryl methyl sites for hydroxylation is 1. The predicted molar refractivity (Wildman–Crippen MR) is 90.4 cm³/mol. The first-order valence-corrected chi connectivity index (χ1v) is 7.85. The minimum atomic E-state index is -1.15. The van der Waals surface area contributed by atoms with Gasteiger partial charge in [-0.25, -0.2) is 10.2 Å². The molecular formula is C17H15N3O6. The summed E-state index contributed by atoms with van der Waals surface area (Å²) in [7, 11) is 0. The number of hydrogen-bond acceptors (Lipinski definition) is 6. The summed E-state index contributed by atoms with van der Waals surface area (Å²) in [6.45, 7) is 1.64. The zero-order chi connectivity index (χ0) is 18.8. The Balaban J connectivity index is 1.82. The molecule has 0 radical (unpaired) electrons. The van der Waals surface area contributed by atoms with Gasteiger partial charge in [0.05, 0.1) is 10.6 Å². The SMILES string of the molecule is Cc1c(C(=O)O)oc2c1/C(=N/NC(=O)c1ccc([N+](=O)[O-])cc1)CCC2. The maximum Gasteiger partial charge on any atom is 0.372 e. The maximum atomic E-state index is 12.2. The third-order valence-corrected chi connectivity index (χ3v) is 4.15. The molecule has 0 aliphatic heterocycles. The highest BCUT2D eigenvalue weighted by atomic mass is 16.6. The number of nitro groups is 1. The Morgan fingerprint density at radius 1 is 1.27 bits per heavy atom. The van der Waals surface area contributed by atoms with Crippen LogP contribution in [0.15, 0.2) is 33.8 Å². The molecule has 3 rings (SSSR count). The van der Waals surface area contributed by atoms with E-state index >= 15 is 0 Å². The Hall–Kier alpha value is -3.49. The fraction of sp³-hybridized carbons (Fsp3) is 0.235. The van der Waals surface area contributed by atoms with Crippen LogP contribution in [0.3, 0.4) is 0 Å². The molecule has 2 N–H and O–H groups in total. The number of furan rings is 1. The summed E-state index contributed by atoms with van der Waals surface area (Å²) in [5.74, 6) is -1.23. The number of aromatic carboxylic acids is 1. The van der Waals surface area contributed by atoms with E-state index in [1.54, 1.807) is 6.92 Å². The number of carbonyl (C=O) groups excluding carboxylic acids is 1. The lowest BCUT2D eigenvalue weighted by Crippen LogP contribution is -2.22. The van der Waals surface area contributed by atoms with Crippen molar-refractivity contribution >= 4 is 23.3 Å². The number of non-ortho nitro benzene ring substituents is 1. The summed E-state index contributed by atoms with van der Waals surface area (Å²) < 4.78 is 5.40. The lowest BCUT2D eigenvalue weighted by molar-refractivity contribution is -0.384. The number of nitrogens with one attached hydrogen (secondary N) is 1.